The van der Waals surface area contributed by atoms with E-state index in [4.69, 9.17) is 4.74 Å². The van der Waals surface area contributed by atoms with Crippen LogP contribution in [0.25, 0.3) is 22.2 Å². The summed E-state index contributed by atoms with van der Waals surface area (Å²) in [6, 6.07) is 53.4. The zero-order chi connectivity index (χ0) is 34.6. The quantitative estimate of drug-likeness (QED) is 0.145. The fraction of sp³-hybridized carbons (Fsp3) is 0.116. The summed E-state index contributed by atoms with van der Waals surface area (Å²) < 4.78 is 6.52. The Hall–Kier alpha value is -5.99. The summed E-state index contributed by atoms with van der Waals surface area (Å²) in [6.45, 7) is 0.127. The minimum Gasteiger partial charge on any atom is -0.449 e. The zero-order valence-corrected chi connectivity index (χ0v) is 28.4. The summed E-state index contributed by atoms with van der Waals surface area (Å²) >= 11 is 1.58. The predicted octanol–water partition coefficient (Wildman–Crippen LogP) is 8.70. The maximum atomic E-state index is 14.4. The molecular weight excluding hydrogens is 653 g/mol. The van der Waals surface area contributed by atoms with Crippen LogP contribution in [-0.4, -0.2) is 45.4 Å². The second-order valence-corrected chi connectivity index (χ2v) is 13.7. The van der Waals surface area contributed by atoms with Crippen LogP contribution in [0.5, 0.6) is 0 Å². The largest absolute Gasteiger partial charge is 0.449 e. The van der Waals surface area contributed by atoms with Gasteiger partial charge in [0.25, 0.3) is 5.91 Å². The average Bonchev–Trinajstić information content (AvgIpc) is 3.77. The van der Waals surface area contributed by atoms with E-state index in [1.54, 1.807) is 23.9 Å². The van der Waals surface area contributed by atoms with Crippen LogP contribution in [0.4, 0.5) is 4.79 Å². The number of fused-ring (bicyclic) bond motifs is 4. The van der Waals surface area contributed by atoms with E-state index < -0.39 is 22.8 Å². The van der Waals surface area contributed by atoms with E-state index in [0.717, 1.165) is 38.9 Å². The molecule has 8 heteroatoms. The van der Waals surface area contributed by atoms with Crippen molar-refractivity contribution in [1.82, 2.24) is 20.3 Å². The van der Waals surface area contributed by atoms with Gasteiger partial charge in [0.2, 0.25) is 0 Å². The molecule has 0 saturated heterocycles. The number of benzene rings is 6. The van der Waals surface area contributed by atoms with Crippen molar-refractivity contribution in [3.05, 3.63) is 192 Å². The smallest absolute Gasteiger partial charge is 0.407 e. The Labute approximate surface area is 300 Å². The van der Waals surface area contributed by atoms with Gasteiger partial charge >= 0.3 is 6.09 Å². The van der Waals surface area contributed by atoms with Crippen LogP contribution in [-0.2, 0) is 9.48 Å². The van der Waals surface area contributed by atoms with Crippen molar-refractivity contribution in [3.8, 4) is 11.1 Å². The highest BCUT2D eigenvalue weighted by atomic mass is 32.2. The molecule has 0 radical (unpaired) electrons. The summed E-state index contributed by atoms with van der Waals surface area (Å²) in [5.41, 5.74) is 8.80. The Balaban J connectivity index is 1.13. The van der Waals surface area contributed by atoms with Gasteiger partial charge in [-0.1, -0.05) is 157 Å². The van der Waals surface area contributed by atoms with Gasteiger partial charge in [0.1, 0.15) is 18.2 Å². The molecule has 250 valence electrons. The third kappa shape index (κ3) is 6.08. The highest BCUT2D eigenvalue weighted by Gasteiger charge is 2.39. The van der Waals surface area contributed by atoms with Crippen LogP contribution in [0.2, 0.25) is 0 Å². The number of ether oxygens (including phenoxy) is 1. The van der Waals surface area contributed by atoms with Crippen LogP contribution in [0.15, 0.2) is 164 Å². The Morgan fingerprint density at radius 3 is 1.73 bits per heavy atom. The molecular formula is C43H34N4O3S. The molecule has 7 aromatic rings. The number of aromatic nitrogens is 3. The molecule has 8 rings (SSSR count). The minimum absolute atomic E-state index is 0.118. The lowest BCUT2D eigenvalue weighted by Gasteiger charge is -2.36. The molecule has 1 unspecified atom stereocenters. The van der Waals surface area contributed by atoms with Crippen molar-refractivity contribution in [1.29, 1.82) is 0 Å². The lowest BCUT2D eigenvalue weighted by atomic mass is 9.84. The summed E-state index contributed by atoms with van der Waals surface area (Å²) in [6.07, 6.45) is -0.676. The van der Waals surface area contributed by atoms with Crippen LogP contribution < -0.4 is 5.32 Å². The first-order valence-corrected chi connectivity index (χ1v) is 17.9. The number of nitrogens with zero attached hydrogens (tertiary/aromatic N) is 3. The third-order valence-electron chi connectivity index (χ3n) is 9.50. The standard InChI is InChI=1S/C43H34N4O3S/c48-41(47-40-27-15-14-26-38(40)45-46-47)39(44-42(49)50-28-37-35-24-12-10-22-33(35)34-23-11-13-25-36(34)37)29-51-43(30-16-4-1-5-17-30,31-18-6-2-7-19-31)32-20-8-3-9-21-32/h1-27,37,39H,28-29H2,(H,44,49). The predicted molar refractivity (Wildman–Crippen MR) is 202 cm³/mol. The lowest BCUT2D eigenvalue weighted by Crippen LogP contribution is -2.46. The van der Waals surface area contributed by atoms with E-state index in [-0.39, 0.29) is 18.3 Å². The van der Waals surface area contributed by atoms with Gasteiger partial charge in [-0.3, -0.25) is 4.79 Å². The molecule has 1 aliphatic rings. The second-order valence-electron chi connectivity index (χ2n) is 12.4. The van der Waals surface area contributed by atoms with Gasteiger partial charge in [0.15, 0.2) is 0 Å². The number of alkyl carbamates (subject to hydrolysis) is 1. The molecule has 7 nitrogen and oxygen atoms in total. The van der Waals surface area contributed by atoms with Gasteiger partial charge in [0, 0.05) is 11.7 Å². The van der Waals surface area contributed by atoms with Gasteiger partial charge in [-0.05, 0) is 51.1 Å². The number of carbonyl (C=O) groups excluding carboxylic acids is 2. The number of hydrogen-bond donors (Lipinski definition) is 1. The van der Waals surface area contributed by atoms with Gasteiger partial charge in [-0.25, -0.2) is 4.79 Å². The molecule has 6 aromatic carbocycles. The van der Waals surface area contributed by atoms with Crippen LogP contribution in [0.3, 0.4) is 0 Å². The van der Waals surface area contributed by atoms with Crippen molar-refractivity contribution in [2.75, 3.05) is 12.4 Å². The molecule has 0 fully saturated rings. The molecule has 0 spiro atoms. The second kappa shape index (κ2) is 14.1. The van der Waals surface area contributed by atoms with E-state index in [2.05, 4.69) is 76.3 Å². The third-order valence-corrected chi connectivity index (χ3v) is 11.1. The Morgan fingerprint density at radius 1 is 0.667 bits per heavy atom. The van der Waals surface area contributed by atoms with Crippen LogP contribution in [0.1, 0.15) is 38.5 Å². The van der Waals surface area contributed by atoms with Gasteiger partial charge in [-0.15, -0.1) is 16.9 Å². The summed E-state index contributed by atoms with van der Waals surface area (Å²) in [4.78, 5) is 28.2. The lowest BCUT2D eigenvalue weighted by molar-refractivity contribution is 0.0839. The number of hydrogen-bond acceptors (Lipinski definition) is 6. The number of amides is 1. The summed E-state index contributed by atoms with van der Waals surface area (Å²) in [7, 11) is 0. The zero-order valence-electron chi connectivity index (χ0n) is 27.6. The normalized spacial score (nSPS) is 12.9. The highest BCUT2D eigenvalue weighted by molar-refractivity contribution is 8.00. The van der Waals surface area contributed by atoms with Gasteiger partial charge in [-0.2, -0.15) is 4.68 Å². The molecule has 1 heterocycles. The van der Waals surface area contributed by atoms with E-state index >= 15 is 0 Å². The SMILES string of the molecule is O=C(NC(CSC(c1ccccc1)(c1ccccc1)c1ccccc1)C(=O)n1nnc2ccccc21)OCC1c2ccccc2-c2ccccc21. The molecule has 1 amide bonds. The van der Waals surface area contributed by atoms with Gasteiger partial charge in [0.05, 0.1) is 10.3 Å². The first-order chi connectivity index (χ1) is 25.1. The monoisotopic (exact) mass is 686 g/mol. The van der Waals surface area contributed by atoms with E-state index in [0.29, 0.717) is 11.0 Å². The van der Waals surface area contributed by atoms with E-state index in [1.807, 2.05) is 91.0 Å². The number of para-hydroxylation sites is 1. The average molecular weight is 687 g/mol. The fourth-order valence-electron chi connectivity index (χ4n) is 7.11. The van der Waals surface area contributed by atoms with E-state index in [1.165, 1.54) is 4.68 Å². The first-order valence-electron chi connectivity index (χ1n) is 16.9. The van der Waals surface area contributed by atoms with Crippen molar-refractivity contribution in [3.63, 3.8) is 0 Å². The molecule has 1 atom stereocenters. The molecule has 1 aromatic heterocycles. The number of nitrogens with one attached hydrogen (secondary N) is 1. The maximum Gasteiger partial charge on any atom is 0.407 e. The van der Waals surface area contributed by atoms with Crippen molar-refractivity contribution in [2.45, 2.75) is 16.7 Å². The molecule has 0 bridgehead atoms. The summed E-state index contributed by atoms with van der Waals surface area (Å²) in [5, 5.41) is 11.4. The van der Waals surface area contributed by atoms with Crippen LogP contribution in [0, 0.1) is 0 Å². The molecule has 1 aliphatic carbocycles. The number of rotatable bonds is 10. The summed E-state index contributed by atoms with van der Waals surface area (Å²) in [5.74, 6) is -0.323. The van der Waals surface area contributed by atoms with Crippen molar-refractivity contribution < 1.29 is 14.3 Å². The van der Waals surface area contributed by atoms with Crippen molar-refractivity contribution >= 4 is 34.8 Å². The maximum absolute atomic E-state index is 14.4. The molecule has 0 saturated carbocycles. The fourth-order valence-corrected chi connectivity index (χ4v) is 8.66. The van der Waals surface area contributed by atoms with Crippen LogP contribution >= 0.6 is 11.8 Å². The topological polar surface area (TPSA) is 86.1 Å². The van der Waals surface area contributed by atoms with Gasteiger partial charge < -0.3 is 10.1 Å². The Kier molecular flexibility index (Phi) is 8.90. The highest BCUT2D eigenvalue weighted by Crippen LogP contribution is 2.49. The molecule has 1 N–H and O–H groups in total. The Morgan fingerprint density at radius 2 is 1.16 bits per heavy atom. The first kappa shape index (κ1) is 32.2. The number of carbonyl (C=O) groups is 2. The minimum atomic E-state index is -1.01. The molecule has 51 heavy (non-hydrogen) atoms. The Bertz CT molecular complexity index is 2170. The van der Waals surface area contributed by atoms with E-state index in [9.17, 15) is 9.59 Å². The molecule has 0 aliphatic heterocycles. The van der Waals surface area contributed by atoms with Crippen molar-refractivity contribution in [2.24, 2.45) is 0 Å². The number of thioether (sulfide) groups is 1.